The van der Waals surface area contributed by atoms with E-state index in [-0.39, 0.29) is 10.6 Å². The number of nitrogens with one attached hydrogen (secondary N) is 1. The number of anilines is 1. The van der Waals surface area contributed by atoms with Crippen LogP contribution in [0.4, 0.5) is 11.4 Å². The monoisotopic (exact) mass is 292 g/mol. The molecule has 2 rings (SSSR count). The second kappa shape index (κ2) is 7.38. The lowest BCUT2D eigenvalue weighted by Gasteiger charge is -2.27. The molecule has 3 N–H and O–H groups in total. The highest BCUT2D eigenvalue weighted by molar-refractivity contribution is 5.55. The van der Waals surface area contributed by atoms with E-state index in [0.29, 0.717) is 12.6 Å². The van der Waals surface area contributed by atoms with Crippen LogP contribution in [0, 0.1) is 10.1 Å². The summed E-state index contributed by atoms with van der Waals surface area (Å²) in [6.07, 6.45) is 7.58. The standard InChI is InChI=1S/C15H24N4O2/c1-18(13-6-4-2-3-5-7-13)11-12-10-14(19(20)21)8-9-15(12)17-16/h8-10,13,17H,2-7,11,16H2,1H3. The van der Waals surface area contributed by atoms with Crippen LogP contribution < -0.4 is 11.3 Å². The van der Waals surface area contributed by atoms with E-state index in [9.17, 15) is 10.1 Å². The summed E-state index contributed by atoms with van der Waals surface area (Å²) >= 11 is 0. The van der Waals surface area contributed by atoms with E-state index >= 15 is 0 Å². The minimum Gasteiger partial charge on any atom is -0.324 e. The molecule has 0 heterocycles. The van der Waals surface area contributed by atoms with Crippen LogP contribution in [0.25, 0.3) is 0 Å². The fourth-order valence-corrected chi connectivity index (χ4v) is 3.06. The van der Waals surface area contributed by atoms with Crippen LogP contribution in [0.2, 0.25) is 0 Å². The van der Waals surface area contributed by atoms with Crippen LogP contribution >= 0.6 is 0 Å². The first kappa shape index (κ1) is 15.7. The fourth-order valence-electron chi connectivity index (χ4n) is 3.06. The molecule has 0 radical (unpaired) electrons. The zero-order valence-electron chi connectivity index (χ0n) is 12.5. The van der Waals surface area contributed by atoms with E-state index < -0.39 is 0 Å². The summed E-state index contributed by atoms with van der Waals surface area (Å²) in [5, 5.41) is 10.9. The number of hydrogen-bond donors (Lipinski definition) is 2. The third-order valence-electron chi connectivity index (χ3n) is 4.32. The minimum atomic E-state index is -0.366. The molecule has 1 saturated carbocycles. The van der Waals surface area contributed by atoms with Gasteiger partial charge in [0.2, 0.25) is 0 Å². The molecule has 1 aromatic carbocycles. The highest BCUT2D eigenvalue weighted by Crippen LogP contribution is 2.26. The number of non-ortho nitro benzene ring substituents is 1. The maximum Gasteiger partial charge on any atom is 0.269 e. The molecule has 0 aromatic heterocycles. The molecular formula is C15H24N4O2. The molecule has 116 valence electrons. The summed E-state index contributed by atoms with van der Waals surface area (Å²) in [5.74, 6) is 5.52. The van der Waals surface area contributed by atoms with Crippen molar-refractivity contribution in [2.24, 2.45) is 5.84 Å². The van der Waals surface area contributed by atoms with E-state index in [1.165, 1.54) is 44.6 Å². The molecule has 0 spiro atoms. The van der Waals surface area contributed by atoms with Crippen molar-refractivity contribution in [3.05, 3.63) is 33.9 Å². The quantitative estimate of drug-likeness (QED) is 0.377. The Hall–Kier alpha value is -1.66. The van der Waals surface area contributed by atoms with Crippen LogP contribution in [0.15, 0.2) is 18.2 Å². The Morgan fingerprint density at radius 3 is 2.57 bits per heavy atom. The van der Waals surface area contributed by atoms with Crippen LogP contribution in [-0.2, 0) is 6.54 Å². The van der Waals surface area contributed by atoms with Gasteiger partial charge in [-0.1, -0.05) is 25.7 Å². The van der Waals surface area contributed by atoms with Gasteiger partial charge in [0.1, 0.15) is 0 Å². The summed E-state index contributed by atoms with van der Waals surface area (Å²) in [4.78, 5) is 12.9. The summed E-state index contributed by atoms with van der Waals surface area (Å²) < 4.78 is 0. The Morgan fingerprint density at radius 1 is 1.33 bits per heavy atom. The van der Waals surface area contributed by atoms with Gasteiger partial charge in [0.25, 0.3) is 5.69 Å². The number of nitrogens with two attached hydrogens (primary N) is 1. The van der Waals surface area contributed by atoms with Crippen molar-refractivity contribution in [2.75, 3.05) is 12.5 Å². The summed E-state index contributed by atoms with van der Waals surface area (Å²) in [6, 6.07) is 5.32. The number of rotatable bonds is 5. The number of nitrogen functional groups attached to an aromatic ring is 1. The smallest absolute Gasteiger partial charge is 0.269 e. The molecule has 0 aliphatic heterocycles. The average Bonchev–Trinajstić information content (AvgIpc) is 2.76. The zero-order valence-corrected chi connectivity index (χ0v) is 12.5. The van der Waals surface area contributed by atoms with Crippen molar-refractivity contribution in [1.29, 1.82) is 0 Å². The molecule has 0 saturated heterocycles. The first-order valence-electron chi connectivity index (χ1n) is 7.56. The summed E-state index contributed by atoms with van der Waals surface area (Å²) in [5.41, 5.74) is 4.37. The average molecular weight is 292 g/mol. The van der Waals surface area contributed by atoms with Gasteiger partial charge in [-0.2, -0.15) is 0 Å². The SMILES string of the molecule is CN(Cc1cc([N+](=O)[O-])ccc1NN)C1CCCCCC1. The van der Waals surface area contributed by atoms with Gasteiger partial charge in [-0.25, -0.2) is 0 Å². The van der Waals surface area contributed by atoms with Crippen LogP contribution in [0.3, 0.4) is 0 Å². The number of hydrogen-bond acceptors (Lipinski definition) is 5. The molecule has 6 nitrogen and oxygen atoms in total. The maximum atomic E-state index is 10.9. The van der Waals surface area contributed by atoms with Crippen LogP contribution in [0.5, 0.6) is 0 Å². The summed E-state index contributed by atoms with van der Waals surface area (Å²) in [6.45, 7) is 0.672. The van der Waals surface area contributed by atoms with Crippen molar-refractivity contribution < 1.29 is 4.92 Å². The van der Waals surface area contributed by atoms with Gasteiger partial charge < -0.3 is 5.43 Å². The van der Waals surface area contributed by atoms with Gasteiger partial charge in [-0.05, 0) is 31.5 Å². The van der Waals surface area contributed by atoms with Gasteiger partial charge in [-0.3, -0.25) is 20.9 Å². The molecule has 0 bridgehead atoms. The van der Waals surface area contributed by atoms with Crippen molar-refractivity contribution in [2.45, 2.75) is 51.1 Å². The Bertz CT molecular complexity index is 485. The molecule has 0 amide bonds. The first-order chi connectivity index (χ1) is 10.1. The van der Waals surface area contributed by atoms with Gasteiger partial charge in [0.15, 0.2) is 0 Å². The van der Waals surface area contributed by atoms with Crippen molar-refractivity contribution in [1.82, 2.24) is 4.90 Å². The minimum absolute atomic E-state index is 0.110. The number of hydrazine groups is 1. The third-order valence-corrected chi connectivity index (χ3v) is 4.32. The first-order valence-corrected chi connectivity index (χ1v) is 7.56. The predicted molar refractivity (Wildman–Crippen MR) is 83.9 cm³/mol. The molecule has 0 atom stereocenters. The molecule has 6 heteroatoms. The second-order valence-electron chi connectivity index (χ2n) is 5.80. The van der Waals surface area contributed by atoms with E-state index in [2.05, 4.69) is 17.4 Å². The molecule has 21 heavy (non-hydrogen) atoms. The van der Waals surface area contributed by atoms with Crippen molar-refractivity contribution in [3.8, 4) is 0 Å². The van der Waals surface area contributed by atoms with E-state index in [4.69, 9.17) is 5.84 Å². The maximum absolute atomic E-state index is 10.9. The number of nitro benzene ring substituents is 1. The number of benzene rings is 1. The van der Waals surface area contributed by atoms with Gasteiger partial charge in [-0.15, -0.1) is 0 Å². The van der Waals surface area contributed by atoms with Gasteiger partial charge in [0, 0.05) is 24.7 Å². The van der Waals surface area contributed by atoms with Crippen molar-refractivity contribution >= 4 is 11.4 Å². The Labute approximate surface area is 125 Å². The number of nitrogens with zero attached hydrogens (tertiary/aromatic N) is 2. The van der Waals surface area contributed by atoms with Gasteiger partial charge in [0.05, 0.1) is 10.6 Å². The summed E-state index contributed by atoms with van der Waals surface area (Å²) in [7, 11) is 2.09. The van der Waals surface area contributed by atoms with Crippen LogP contribution in [0.1, 0.15) is 44.1 Å². The lowest BCUT2D eigenvalue weighted by Crippen LogP contribution is -2.31. The highest BCUT2D eigenvalue weighted by atomic mass is 16.6. The zero-order chi connectivity index (χ0) is 15.2. The molecule has 0 unspecified atom stereocenters. The van der Waals surface area contributed by atoms with E-state index in [1.54, 1.807) is 12.1 Å². The lowest BCUT2D eigenvalue weighted by atomic mass is 10.1. The highest BCUT2D eigenvalue weighted by Gasteiger charge is 2.19. The van der Waals surface area contributed by atoms with E-state index in [0.717, 1.165) is 11.3 Å². The Morgan fingerprint density at radius 2 is 2.00 bits per heavy atom. The molecular weight excluding hydrogens is 268 g/mol. The van der Waals surface area contributed by atoms with Crippen molar-refractivity contribution in [3.63, 3.8) is 0 Å². The Kier molecular flexibility index (Phi) is 5.52. The predicted octanol–water partition coefficient (Wildman–Crippen LogP) is 3.04. The lowest BCUT2D eigenvalue weighted by molar-refractivity contribution is -0.384. The molecule has 1 aliphatic carbocycles. The third kappa shape index (κ3) is 4.15. The molecule has 1 aromatic rings. The molecule has 1 aliphatic rings. The largest absolute Gasteiger partial charge is 0.324 e. The molecule has 1 fully saturated rings. The van der Waals surface area contributed by atoms with Crippen LogP contribution in [-0.4, -0.2) is 22.9 Å². The second-order valence-corrected chi connectivity index (χ2v) is 5.80. The van der Waals surface area contributed by atoms with E-state index in [1.807, 2.05) is 0 Å². The fraction of sp³-hybridized carbons (Fsp3) is 0.600. The normalized spacial score (nSPS) is 16.7. The Balaban J connectivity index is 2.12. The number of nitro groups is 1. The van der Waals surface area contributed by atoms with Gasteiger partial charge >= 0.3 is 0 Å². The topological polar surface area (TPSA) is 84.4 Å².